The van der Waals surface area contributed by atoms with Crippen LogP contribution in [0.4, 0.5) is 0 Å². The summed E-state index contributed by atoms with van der Waals surface area (Å²) in [7, 11) is 0. The van der Waals surface area contributed by atoms with Crippen LogP contribution >= 0.6 is 0 Å². The topological polar surface area (TPSA) is 58.6 Å². The predicted molar refractivity (Wildman–Crippen MR) is 145 cm³/mol. The van der Waals surface area contributed by atoms with E-state index in [0.29, 0.717) is 18.7 Å². The fourth-order valence-electron chi connectivity index (χ4n) is 4.10. The third kappa shape index (κ3) is 7.98. The van der Waals surface area contributed by atoms with Crippen LogP contribution in [0.1, 0.15) is 57.2 Å². The van der Waals surface area contributed by atoms with E-state index in [9.17, 15) is 9.59 Å². The summed E-state index contributed by atoms with van der Waals surface area (Å²) >= 11 is 0. The first-order valence-electron chi connectivity index (χ1n) is 12.5. The zero-order chi connectivity index (χ0) is 26.1. The van der Waals surface area contributed by atoms with Gasteiger partial charge in [0, 0.05) is 18.5 Å². The maximum Gasteiger partial charge on any atom is 0.261 e. The number of carbonyl (C=O) groups is 2. The summed E-state index contributed by atoms with van der Waals surface area (Å²) in [5.41, 5.74) is 2.56. The monoisotopic (exact) mass is 486 g/mol. The maximum atomic E-state index is 13.7. The van der Waals surface area contributed by atoms with Crippen LogP contribution in [0.2, 0.25) is 0 Å². The van der Waals surface area contributed by atoms with Gasteiger partial charge in [0.05, 0.1) is 0 Å². The second-order valence-corrected chi connectivity index (χ2v) is 10.4. The molecule has 3 aromatic carbocycles. The van der Waals surface area contributed by atoms with E-state index in [4.69, 9.17) is 4.74 Å². The Morgan fingerprint density at radius 2 is 1.39 bits per heavy atom. The standard InChI is InChI=1S/C31H38N2O3/c1-23(2)26-18-12-13-19-28(26)36-22-29(34)33(21-25-16-10-7-11-17-25)27(30(35)32-31(3,4)5)20-24-14-8-6-9-15-24/h6-19,23,27H,20-22H2,1-5H3,(H,32,35). The average molecular weight is 487 g/mol. The van der Waals surface area contributed by atoms with Crippen molar-refractivity contribution < 1.29 is 14.3 Å². The SMILES string of the molecule is CC(C)c1ccccc1OCC(=O)N(Cc1ccccc1)C(Cc1ccccc1)C(=O)NC(C)(C)C. The van der Waals surface area contributed by atoms with Gasteiger partial charge >= 0.3 is 0 Å². The van der Waals surface area contributed by atoms with E-state index in [1.165, 1.54) is 0 Å². The molecule has 3 aromatic rings. The van der Waals surface area contributed by atoms with E-state index in [-0.39, 0.29) is 24.3 Å². The molecule has 0 spiro atoms. The summed E-state index contributed by atoms with van der Waals surface area (Å²) in [6, 6.07) is 26.7. The van der Waals surface area contributed by atoms with Crippen LogP contribution in [0.15, 0.2) is 84.9 Å². The van der Waals surface area contributed by atoms with E-state index in [0.717, 1.165) is 16.7 Å². The average Bonchev–Trinajstić information content (AvgIpc) is 2.85. The minimum Gasteiger partial charge on any atom is -0.483 e. The van der Waals surface area contributed by atoms with Crippen LogP contribution in [0.25, 0.3) is 0 Å². The maximum absolute atomic E-state index is 13.7. The van der Waals surface area contributed by atoms with Crippen molar-refractivity contribution in [2.75, 3.05) is 6.61 Å². The predicted octanol–water partition coefficient (Wildman–Crippen LogP) is 5.74. The molecule has 1 atom stereocenters. The van der Waals surface area contributed by atoms with Gasteiger partial charge in [0.25, 0.3) is 5.91 Å². The highest BCUT2D eigenvalue weighted by Gasteiger charge is 2.32. The van der Waals surface area contributed by atoms with Gasteiger partial charge in [0.15, 0.2) is 6.61 Å². The number of hydrogen-bond acceptors (Lipinski definition) is 3. The number of nitrogens with one attached hydrogen (secondary N) is 1. The molecule has 5 heteroatoms. The molecule has 0 saturated carbocycles. The molecule has 0 fully saturated rings. The van der Waals surface area contributed by atoms with Gasteiger partial charge in [0.2, 0.25) is 5.91 Å². The Morgan fingerprint density at radius 3 is 1.97 bits per heavy atom. The lowest BCUT2D eigenvalue weighted by molar-refractivity contribution is -0.143. The Hall–Kier alpha value is -3.60. The van der Waals surface area contributed by atoms with E-state index < -0.39 is 11.6 Å². The van der Waals surface area contributed by atoms with Crippen LogP contribution in [0.5, 0.6) is 5.75 Å². The highest BCUT2D eigenvalue weighted by atomic mass is 16.5. The lowest BCUT2D eigenvalue weighted by atomic mass is 10.0. The van der Waals surface area contributed by atoms with Gasteiger partial charge in [-0.25, -0.2) is 0 Å². The molecule has 5 nitrogen and oxygen atoms in total. The van der Waals surface area contributed by atoms with Crippen molar-refractivity contribution in [1.29, 1.82) is 0 Å². The Bertz CT molecular complexity index is 1120. The molecule has 0 heterocycles. The lowest BCUT2D eigenvalue weighted by Crippen LogP contribution is -2.55. The minimum absolute atomic E-state index is 0.148. The van der Waals surface area contributed by atoms with Crippen LogP contribution in [-0.2, 0) is 22.6 Å². The summed E-state index contributed by atoms with van der Waals surface area (Å²) in [4.78, 5) is 29.0. The first kappa shape index (κ1) is 27.0. The Balaban J connectivity index is 1.92. The normalized spacial score (nSPS) is 12.2. The van der Waals surface area contributed by atoms with E-state index in [2.05, 4.69) is 19.2 Å². The highest BCUT2D eigenvalue weighted by molar-refractivity contribution is 5.89. The molecule has 1 unspecified atom stereocenters. The summed E-state index contributed by atoms with van der Waals surface area (Å²) in [6.45, 7) is 10.2. The molecule has 0 saturated heterocycles. The molecule has 1 N–H and O–H groups in total. The fourth-order valence-corrected chi connectivity index (χ4v) is 4.10. The second kappa shape index (κ2) is 12.4. The number of benzene rings is 3. The molecule has 36 heavy (non-hydrogen) atoms. The van der Waals surface area contributed by atoms with E-state index in [1.54, 1.807) is 4.90 Å². The zero-order valence-electron chi connectivity index (χ0n) is 22.0. The molecule has 0 aromatic heterocycles. The molecular formula is C31H38N2O3. The van der Waals surface area contributed by atoms with Crippen molar-refractivity contribution in [1.82, 2.24) is 10.2 Å². The molecule has 0 aliphatic heterocycles. The molecule has 0 aliphatic rings. The molecule has 0 aliphatic carbocycles. The third-order valence-corrected chi connectivity index (χ3v) is 5.86. The molecule has 0 bridgehead atoms. The highest BCUT2D eigenvalue weighted by Crippen LogP contribution is 2.26. The first-order chi connectivity index (χ1) is 17.1. The fraction of sp³-hybridized carbons (Fsp3) is 0.355. The largest absolute Gasteiger partial charge is 0.483 e. The number of carbonyl (C=O) groups excluding carboxylic acids is 2. The minimum atomic E-state index is -0.691. The van der Waals surface area contributed by atoms with Gasteiger partial charge in [-0.1, -0.05) is 92.7 Å². The molecule has 2 amide bonds. The number of nitrogens with zero attached hydrogens (tertiary/aromatic N) is 1. The van der Waals surface area contributed by atoms with E-state index >= 15 is 0 Å². The Kier molecular flexibility index (Phi) is 9.29. The summed E-state index contributed by atoms with van der Waals surface area (Å²) in [6.07, 6.45) is 0.407. The van der Waals surface area contributed by atoms with Gasteiger partial charge < -0.3 is 15.0 Å². The smallest absolute Gasteiger partial charge is 0.261 e. The van der Waals surface area contributed by atoms with Gasteiger partial charge in [0.1, 0.15) is 11.8 Å². The van der Waals surface area contributed by atoms with Crippen molar-refractivity contribution in [3.05, 3.63) is 102 Å². The molecular weight excluding hydrogens is 448 g/mol. The van der Waals surface area contributed by atoms with Crippen molar-refractivity contribution in [2.24, 2.45) is 0 Å². The number of rotatable bonds is 10. The molecule has 0 radical (unpaired) electrons. The van der Waals surface area contributed by atoms with E-state index in [1.807, 2.05) is 106 Å². The van der Waals surface area contributed by atoms with Crippen LogP contribution in [0, 0.1) is 0 Å². The molecule has 3 rings (SSSR count). The van der Waals surface area contributed by atoms with Gasteiger partial charge in [-0.15, -0.1) is 0 Å². The zero-order valence-corrected chi connectivity index (χ0v) is 22.0. The van der Waals surface area contributed by atoms with Crippen molar-refractivity contribution in [3.63, 3.8) is 0 Å². The summed E-state index contributed by atoms with van der Waals surface area (Å²) in [5, 5.41) is 3.08. The number of para-hydroxylation sites is 1. The van der Waals surface area contributed by atoms with Crippen molar-refractivity contribution >= 4 is 11.8 Å². The quantitative estimate of drug-likeness (QED) is 0.397. The van der Waals surface area contributed by atoms with Crippen molar-refractivity contribution in [2.45, 2.75) is 65.1 Å². The number of amides is 2. The van der Waals surface area contributed by atoms with Crippen molar-refractivity contribution in [3.8, 4) is 5.75 Å². The number of ether oxygens (including phenoxy) is 1. The lowest BCUT2D eigenvalue weighted by Gasteiger charge is -2.34. The first-order valence-corrected chi connectivity index (χ1v) is 12.5. The molecule has 190 valence electrons. The Labute approximate surface area is 215 Å². The summed E-state index contributed by atoms with van der Waals surface area (Å²) < 4.78 is 6.04. The van der Waals surface area contributed by atoms with Gasteiger partial charge in [-0.2, -0.15) is 0 Å². The third-order valence-electron chi connectivity index (χ3n) is 5.86. The number of hydrogen-bond donors (Lipinski definition) is 1. The Morgan fingerprint density at radius 1 is 0.833 bits per heavy atom. The van der Waals surface area contributed by atoms with Gasteiger partial charge in [-0.05, 0) is 49.4 Å². The second-order valence-electron chi connectivity index (χ2n) is 10.4. The van der Waals surface area contributed by atoms with Gasteiger partial charge in [-0.3, -0.25) is 9.59 Å². The van der Waals surface area contributed by atoms with Crippen LogP contribution in [-0.4, -0.2) is 34.9 Å². The summed E-state index contributed by atoms with van der Waals surface area (Å²) in [5.74, 6) is 0.542. The van der Waals surface area contributed by atoms with Crippen LogP contribution < -0.4 is 10.1 Å². The van der Waals surface area contributed by atoms with Crippen LogP contribution in [0.3, 0.4) is 0 Å².